The van der Waals surface area contributed by atoms with Crippen LogP contribution >= 0.6 is 0 Å². The maximum absolute atomic E-state index is 13.3. The second-order valence-electron chi connectivity index (χ2n) is 7.86. The molecule has 0 spiro atoms. The summed E-state index contributed by atoms with van der Waals surface area (Å²) in [6.07, 6.45) is 4.22. The summed E-state index contributed by atoms with van der Waals surface area (Å²) in [6, 6.07) is 1.93. The van der Waals surface area contributed by atoms with Gasteiger partial charge in [0, 0.05) is 25.7 Å². The second kappa shape index (κ2) is 6.90. The summed E-state index contributed by atoms with van der Waals surface area (Å²) in [6.45, 7) is 8.02. The molecular weight excluding hydrogens is 344 g/mol. The first kappa shape index (κ1) is 17.9. The average molecular weight is 370 g/mol. The molecule has 2 aromatic rings. The zero-order valence-corrected chi connectivity index (χ0v) is 16.1. The van der Waals surface area contributed by atoms with Crippen LogP contribution in [0.4, 0.5) is 0 Å². The molecule has 0 N–H and O–H groups in total. The van der Waals surface area contributed by atoms with Crippen molar-refractivity contribution in [3.63, 3.8) is 0 Å². The molecule has 0 radical (unpaired) electrons. The molecule has 3 aliphatic rings. The zero-order chi connectivity index (χ0) is 19.1. The molecule has 3 saturated heterocycles. The number of amides is 2. The van der Waals surface area contributed by atoms with Crippen molar-refractivity contribution in [3.8, 4) is 0 Å². The van der Waals surface area contributed by atoms with Crippen molar-refractivity contribution in [1.29, 1.82) is 0 Å². The monoisotopic (exact) mass is 370 g/mol. The van der Waals surface area contributed by atoms with Gasteiger partial charge < -0.3 is 9.80 Å². The van der Waals surface area contributed by atoms with E-state index in [1.807, 2.05) is 15.9 Å². The fourth-order valence-electron chi connectivity index (χ4n) is 4.26. The maximum Gasteiger partial charge on any atom is 0.272 e. The highest BCUT2D eigenvalue weighted by Gasteiger charge is 2.41. The smallest absolute Gasteiger partial charge is 0.272 e. The summed E-state index contributed by atoms with van der Waals surface area (Å²) < 4.78 is 1.68. The normalized spacial score (nSPS) is 22.7. The Balaban J connectivity index is 1.65. The lowest BCUT2D eigenvalue weighted by Crippen LogP contribution is -2.48. The fourth-order valence-corrected chi connectivity index (χ4v) is 4.26. The van der Waals surface area contributed by atoms with E-state index in [4.69, 9.17) is 0 Å². The number of aromatic nitrogens is 4. The standard InChI is InChI=1S/C19H26N6O2/c1-4-7-24-14-6-5-13(17(24)26)9-23(10-14)18(27)15-8-16(12(2)3)25-19(22-15)20-11-21-25/h8,11-14H,4-7,9-10H2,1-3H3/t13-,14+/m0/s1. The highest BCUT2D eigenvalue weighted by Crippen LogP contribution is 2.30. The van der Waals surface area contributed by atoms with E-state index in [1.165, 1.54) is 6.33 Å². The summed E-state index contributed by atoms with van der Waals surface area (Å²) in [5, 5.41) is 4.21. The van der Waals surface area contributed by atoms with Crippen LogP contribution in [0.1, 0.15) is 62.1 Å². The van der Waals surface area contributed by atoms with Crippen LogP contribution in [0.15, 0.2) is 12.4 Å². The largest absolute Gasteiger partial charge is 0.338 e. The van der Waals surface area contributed by atoms with Crippen LogP contribution in [-0.2, 0) is 4.79 Å². The minimum Gasteiger partial charge on any atom is -0.338 e. The Kier molecular flexibility index (Phi) is 4.57. The molecule has 0 unspecified atom stereocenters. The number of hydrogen-bond acceptors (Lipinski definition) is 5. The van der Waals surface area contributed by atoms with Crippen molar-refractivity contribution < 1.29 is 9.59 Å². The summed E-state index contributed by atoms with van der Waals surface area (Å²) in [5.74, 6) is 0.606. The number of carbonyl (C=O) groups excluding carboxylic acids is 2. The zero-order valence-electron chi connectivity index (χ0n) is 16.1. The second-order valence-corrected chi connectivity index (χ2v) is 7.86. The summed E-state index contributed by atoms with van der Waals surface area (Å²) in [5.41, 5.74) is 1.29. The van der Waals surface area contributed by atoms with Gasteiger partial charge in [-0.3, -0.25) is 9.59 Å². The van der Waals surface area contributed by atoms with Gasteiger partial charge in [0.25, 0.3) is 11.7 Å². The molecule has 2 atom stereocenters. The SMILES string of the molecule is CCCN1C(=O)[C@H]2CC[C@@H]1CN(C(=O)c1cc(C(C)C)n3ncnc3n1)C2. The van der Waals surface area contributed by atoms with Gasteiger partial charge in [-0.05, 0) is 31.2 Å². The molecule has 0 saturated carbocycles. The third-order valence-electron chi connectivity index (χ3n) is 5.64. The molecule has 2 aromatic heterocycles. The van der Waals surface area contributed by atoms with E-state index in [0.29, 0.717) is 24.6 Å². The Morgan fingerprint density at radius 3 is 2.85 bits per heavy atom. The van der Waals surface area contributed by atoms with Gasteiger partial charge in [0.1, 0.15) is 12.0 Å². The van der Waals surface area contributed by atoms with Crippen LogP contribution < -0.4 is 0 Å². The maximum atomic E-state index is 13.3. The van der Waals surface area contributed by atoms with Crippen molar-refractivity contribution in [2.24, 2.45) is 5.92 Å². The molecule has 0 aromatic carbocycles. The molecule has 3 fully saturated rings. The third kappa shape index (κ3) is 3.07. The Morgan fingerprint density at radius 2 is 2.11 bits per heavy atom. The number of carbonyl (C=O) groups is 2. The van der Waals surface area contributed by atoms with E-state index in [1.54, 1.807) is 4.52 Å². The predicted octanol–water partition coefficient (Wildman–Crippen LogP) is 1.72. The van der Waals surface area contributed by atoms with Crippen molar-refractivity contribution in [3.05, 3.63) is 23.8 Å². The summed E-state index contributed by atoms with van der Waals surface area (Å²) in [7, 11) is 0. The number of fused-ring (bicyclic) bond motifs is 5. The summed E-state index contributed by atoms with van der Waals surface area (Å²) >= 11 is 0. The lowest BCUT2D eigenvalue weighted by molar-refractivity contribution is -0.139. The lowest BCUT2D eigenvalue weighted by atomic mass is 9.94. The minimum absolute atomic E-state index is 0.0966. The fraction of sp³-hybridized carbons (Fsp3) is 0.632. The van der Waals surface area contributed by atoms with Gasteiger partial charge in [0.15, 0.2) is 0 Å². The molecule has 3 aliphatic heterocycles. The van der Waals surface area contributed by atoms with Crippen molar-refractivity contribution in [1.82, 2.24) is 29.4 Å². The van der Waals surface area contributed by atoms with Gasteiger partial charge in [-0.25, -0.2) is 9.50 Å². The third-order valence-corrected chi connectivity index (χ3v) is 5.64. The van der Waals surface area contributed by atoms with E-state index < -0.39 is 0 Å². The molecule has 27 heavy (non-hydrogen) atoms. The van der Waals surface area contributed by atoms with Gasteiger partial charge >= 0.3 is 0 Å². The van der Waals surface area contributed by atoms with Crippen LogP contribution in [0.2, 0.25) is 0 Å². The van der Waals surface area contributed by atoms with Crippen molar-refractivity contribution in [2.45, 2.75) is 52.0 Å². The quantitative estimate of drug-likeness (QED) is 0.818. The van der Waals surface area contributed by atoms with Crippen LogP contribution in [0.5, 0.6) is 0 Å². The predicted molar refractivity (Wildman–Crippen MR) is 99.3 cm³/mol. The Labute approximate surface area is 158 Å². The Morgan fingerprint density at radius 1 is 1.30 bits per heavy atom. The number of hydrogen-bond donors (Lipinski definition) is 0. The van der Waals surface area contributed by atoms with E-state index in [2.05, 4.69) is 35.8 Å². The molecule has 2 amide bonds. The van der Waals surface area contributed by atoms with Crippen LogP contribution in [0.3, 0.4) is 0 Å². The Bertz CT molecular complexity index is 876. The molecule has 2 bridgehead atoms. The molecule has 8 nitrogen and oxygen atoms in total. The molecule has 5 rings (SSSR count). The first-order chi connectivity index (χ1) is 13.0. The molecule has 5 heterocycles. The van der Waals surface area contributed by atoms with Gasteiger partial charge in [0.05, 0.1) is 11.6 Å². The molecule has 0 aliphatic carbocycles. The molecule has 8 heteroatoms. The highest BCUT2D eigenvalue weighted by molar-refractivity contribution is 5.93. The topological polar surface area (TPSA) is 83.7 Å². The van der Waals surface area contributed by atoms with Crippen LogP contribution in [0.25, 0.3) is 5.78 Å². The van der Waals surface area contributed by atoms with Crippen LogP contribution in [0, 0.1) is 5.92 Å². The van der Waals surface area contributed by atoms with Gasteiger partial charge in [-0.2, -0.15) is 10.1 Å². The minimum atomic E-state index is -0.120. The van der Waals surface area contributed by atoms with Crippen molar-refractivity contribution >= 4 is 17.6 Å². The van der Waals surface area contributed by atoms with Crippen molar-refractivity contribution in [2.75, 3.05) is 19.6 Å². The van der Waals surface area contributed by atoms with Crippen LogP contribution in [-0.4, -0.2) is 66.9 Å². The molecular formula is C19H26N6O2. The first-order valence-corrected chi connectivity index (χ1v) is 9.80. The number of nitrogens with zero attached hydrogens (tertiary/aromatic N) is 6. The average Bonchev–Trinajstić information content (AvgIpc) is 2.96. The summed E-state index contributed by atoms with van der Waals surface area (Å²) in [4.78, 5) is 38.4. The number of rotatable bonds is 4. The highest BCUT2D eigenvalue weighted by atomic mass is 16.2. The van der Waals surface area contributed by atoms with E-state index >= 15 is 0 Å². The van der Waals surface area contributed by atoms with E-state index in [-0.39, 0.29) is 29.7 Å². The van der Waals surface area contributed by atoms with Gasteiger partial charge in [-0.15, -0.1) is 0 Å². The van der Waals surface area contributed by atoms with Gasteiger partial charge in [0.2, 0.25) is 5.91 Å². The number of piperidine rings is 1. The first-order valence-electron chi connectivity index (χ1n) is 9.80. The van der Waals surface area contributed by atoms with E-state index in [9.17, 15) is 9.59 Å². The van der Waals surface area contributed by atoms with Gasteiger partial charge in [-0.1, -0.05) is 20.8 Å². The van der Waals surface area contributed by atoms with E-state index in [0.717, 1.165) is 31.5 Å². The molecule has 144 valence electrons. The lowest BCUT2D eigenvalue weighted by Gasteiger charge is -2.35. The Hall–Kier alpha value is -2.51.